The molecule has 0 aliphatic heterocycles. The van der Waals surface area contributed by atoms with E-state index < -0.39 is 0 Å². The molecule has 3 nitrogen and oxygen atoms in total. The number of hydrogen-bond donors (Lipinski definition) is 1. The van der Waals surface area contributed by atoms with Gasteiger partial charge < -0.3 is 9.62 Å². The van der Waals surface area contributed by atoms with Crippen LogP contribution in [0.1, 0.15) is 5.76 Å². The molecule has 0 fully saturated rings. The molecule has 0 aliphatic rings. The number of nitrogens with zero attached hydrogens (tertiary/aromatic N) is 1. The van der Waals surface area contributed by atoms with Crippen molar-refractivity contribution >= 4 is 32.7 Å². The molecule has 0 bridgehead atoms. The maximum absolute atomic E-state index is 8.21. The highest BCUT2D eigenvalue weighted by Crippen LogP contribution is 2.19. The lowest BCUT2D eigenvalue weighted by atomic mass is 10.5. The molecular weight excluding hydrogens is 221 g/mol. The summed E-state index contributed by atoms with van der Waals surface area (Å²) in [6, 6.07) is 1.66. The second-order valence-electron chi connectivity index (χ2n) is 1.49. The van der Waals surface area contributed by atoms with E-state index in [1.165, 1.54) is 6.26 Å². The van der Waals surface area contributed by atoms with E-state index in [4.69, 9.17) is 21.2 Å². The summed E-state index contributed by atoms with van der Waals surface area (Å²) in [5.41, 5.74) is 0. The van der Waals surface area contributed by atoms with Crippen LogP contribution in [0.3, 0.4) is 0 Å². The fourth-order valence-corrected chi connectivity index (χ4v) is 1.14. The maximum Gasteiger partial charge on any atom is 0.212 e. The van der Waals surface area contributed by atoms with Crippen molar-refractivity contribution in [1.82, 2.24) is 0 Å². The average molecular weight is 224 g/mol. The normalized spacial score (nSPS) is 12.0. The molecule has 0 radical (unpaired) electrons. The first-order valence-electron chi connectivity index (χ1n) is 2.36. The maximum atomic E-state index is 8.21. The Bertz CT molecular complexity index is 258. The number of hydrogen-bond acceptors (Lipinski definition) is 3. The van der Waals surface area contributed by atoms with E-state index in [9.17, 15) is 0 Å². The van der Waals surface area contributed by atoms with Crippen molar-refractivity contribution in [2.24, 2.45) is 5.16 Å². The molecule has 1 aromatic heterocycles. The molecule has 0 unspecified atom stereocenters. The van der Waals surface area contributed by atoms with Gasteiger partial charge in [-0.3, -0.25) is 0 Å². The summed E-state index contributed by atoms with van der Waals surface area (Å²) in [4.78, 5) is 0. The first kappa shape index (κ1) is 7.63. The Morgan fingerprint density at radius 2 is 2.50 bits per heavy atom. The van der Waals surface area contributed by atoms with Gasteiger partial charge in [0, 0.05) is 0 Å². The lowest BCUT2D eigenvalue weighted by molar-refractivity contribution is 0.319. The van der Waals surface area contributed by atoms with Crippen LogP contribution in [0.25, 0.3) is 0 Å². The van der Waals surface area contributed by atoms with Crippen molar-refractivity contribution in [2.75, 3.05) is 0 Å². The molecule has 0 aromatic carbocycles. The Morgan fingerprint density at radius 1 is 1.80 bits per heavy atom. The summed E-state index contributed by atoms with van der Waals surface area (Å²) in [6.07, 6.45) is 1.44. The molecular formula is C5H3BrClNO2. The molecule has 0 aliphatic carbocycles. The van der Waals surface area contributed by atoms with Crippen LogP contribution in [0.5, 0.6) is 0 Å². The second kappa shape index (κ2) is 3.07. The van der Waals surface area contributed by atoms with E-state index in [1.807, 2.05) is 0 Å². The predicted molar refractivity (Wildman–Crippen MR) is 40.6 cm³/mol. The highest BCUT2D eigenvalue weighted by molar-refractivity contribution is 9.10. The highest BCUT2D eigenvalue weighted by atomic mass is 79.9. The Kier molecular flexibility index (Phi) is 2.34. The van der Waals surface area contributed by atoms with Crippen LogP contribution in [0, 0.1) is 0 Å². The minimum atomic E-state index is -0.0723. The van der Waals surface area contributed by atoms with Gasteiger partial charge in [-0.25, -0.2) is 0 Å². The number of furan rings is 1. The highest BCUT2D eigenvalue weighted by Gasteiger charge is 2.08. The van der Waals surface area contributed by atoms with E-state index >= 15 is 0 Å². The smallest absolute Gasteiger partial charge is 0.212 e. The van der Waals surface area contributed by atoms with Crippen molar-refractivity contribution in [1.29, 1.82) is 0 Å². The van der Waals surface area contributed by atoms with Gasteiger partial charge in [-0.2, -0.15) is 0 Å². The zero-order valence-corrected chi connectivity index (χ0v) is 7.06. The number of rotatable bonds is 1. The standard InChI is InChI=1S/C5H3BrClNO2/c6-3-1-2-10-4(3)5(7)8-9/h1-2,9H/b8-5+. The monoisotopic (exact) mass is 223 g/mol. The van der Waals surface area contributed by atoms with Crippen molar-refractivity contribution in [2.45, 2.75) is 0 Å². The number of oxime groups is 1. The van der Waals surface area contributed by atoms with Crippen LogP contribution in [0.15, 0.2) is 26.4 Å². The van der Waals surface area contributed by atoms with E-state index in [-0.39, 0.29) is 5.17 Å². The van der Waals surface area contributed by atoms with Crippen LogP contribution in [-0.2, 0) is 0 Å². The lowest BCUT2D eigenvalue weighted by Crippen LogP contribution is -1.87. The molecule has 0 saturated carbocycles. The van der Waals surface area contributed by atoms with Crippen molar-refractivity contribution in [3.05, 3.63) is 22.6 Å². The topological polar surface area (TPSA) is 45.7 Å². The average Bonchev–Trinajstić information content (AvgIpc) is 2.34. The first-order chi connectivity index (χ1) is 4.75. The third-order valence-corrected chi connectivity index (χ3v) is 1.76. The molecule has 1 aromatic rings. The van der Waals surface area contributed by atoms with E-state index in [1.54, 1.807) is 6.07 Å². The third kappa shape index (κ3) is 1.33. The van der Waals surface area contributed by atoms with Crippen LogP contribution in [0.2, 0.25) is 0 Å². The molecule has 0 spiro atoms. The minimum absolute atomic E-state index is 0.0723. The SMILES string of the molecule is O/N=C(/Cl)c1occc1Br. The van der Waals surface area contributed by atoms with E-state index in [0.717, 1.165) is 0 Å². The van der Waals surface area contributed by atoms with Crippen molar-refractivity contribution < 1.29 is 9.62 Å². The molecule has 0 atom stereocenters. The fraction of sp³-hybridized carbons (Fsp3) is 0. The summed E-state index contributed by atoms with van der Waals surface area (Å²) in [5.74, 6) is 0.323. The summed E-state index contributed by atoms with van der Waals surface area (Å²) < 4.78 is 5.51. The molecule has 0 saturated heterocycles. The Balaban J connectivity index is 3.05. The summed E-state index contributed by atoms with van der Waals surface area (Å²) in [7, 11) is 0. The second-order valence-corrected chi connectivity index (χ2v) is 2.70. The van der Waals surface area contributed by atoms with Gasteiger partial charge in [-0.1, -0.05) is 16.8 Å². The lowest BCUT2D eigenvalue weighted by Gasteiger charge is -1.88. The summed E-state index contributed by atoms with van der Waals surface area (Å²) in [5, 5.41) is 10.9. The van der Waals surface area contributed by atoms with Crippen LogP contribution in [-0.4, -0.2) is 10.4 Å². The van der Waals surface area contributed by atoms with Gasteiger partial charge in [0.05, 0.1) is 10.7 Å². The predicted octanol–water partition coefficient (Wildman–Crippen LogP) is 2.42. The van der Waals surface area contributed by atoms with Gasteiger partial charge in [0.1, 0.15) is 0 Å². The van der Waals surface area contributed by atoms with Gasteiger partial charge in [0.2, 0.25) is 5.17 Å². The molecule has 1 N–H and O–H groups in total. The van der Waals surface area contributed by atoms with Crippen molar-refractivity contribution in [3.8, 4) is 0 Å². The Hall–Kier alpha value is -0.480. The van der Waals surface area contributed by atoms with Crippen LogP contribution < -0.4 is 0 Å². The summed E-state index contributed by atoms with van der Waals surface area (Å²) in [6.45, 7) is 0. The van der Waals surface area contributed by atoms with Crippen LogP contribution in [0.4, 0.5) is 0 Å². The molecule has 54 valence electrons. The molecule has 5 heteroatoms. The molecule has 10 heavy (non-hydrogen) atoms. The Morgan fingerprint density at radius 3 is 2.90 bits per heavy atom. The van der Waals surface area contributed by atoms with Gasteiger partial charge in [0.15, 0.2) is 5.76 Å². The summed E-state index contributed by atoms with van der Waals surface area (Å²) >= 11 is 8.55. The van der Waals surface area contributed by atoms with Crippen LogP contribution >= 0.6 is 27.5 Å². The van der Waals surface area contributed by atoms with Gasteiger partial charge in [-0.05, 0) is 22.0 Å². The van der Waals surface area contributed by atoms with Crippen molar-refractivity contribution in [3.63, 3.8) is 0 Å². The Labute approximate surface area is 70.4 Å². The fourth-order valence-electron chi connectivity index (χ4n) is 0.486. The van der Waals surface area contributed by atoms with E-state index in [2.05, 4.69) is 21.1 Å². The van der Waals surface area contributed by atoms with Gasteiger partial charge >= 0.3 is 0 Å². The minimum Gasteiger partial charge on any atom is -0.460 e. The number of halogens is 2. The molecule has 0 amide bonds. The quantitative estimate of drug-likeness (QED) is 0.452. The largest absolute Gasteiger partial charge is 0.460 e. The zero-order valence-electron chi connectivity index (χ0n) is 4.71. The third-order valence-electron chi connectivity index (χ3n) is 0.892. The van der Waals surface area contributed by atoms with E-state index in [0.29, 0.717) is 10.2 Å². The first-order valence-corrected chi connectivity index (χ1v) is 3.53. The zero-order chi connectivity index (χ0) is 7.56. The van der Waals surface area contributed by atoms with Gasteiger partial charge in [-0.15, -0.1) is 0 Å². The molecule has 1 rings (SSSR count). The van der Waals surface area contributed by atoms with Gasteiger partial charge in [0.25, 0.3) is 0 Å². The molecule has 1 heterocycles.